The van der Waals surface area contributed by atoms with E-state index in [0.29, 0.717) is 16.1 Å². The normalized spacial score (nSPS) is 11.6. The third-order valence-electron chi connectivity index (χ3n) is 5.86. The second-order valence-corrected chi connectivity index (χ2v) is 10.4. The van der Waals surface area contributed by atoms with Crippen LogP contribution in [0.15, 0.2) is 76.7 Å². The number of hydrogen-bond acceptors (Lipinski definition) is 4. The number of aromatic nitrogens is 2. The van der Waals surface area contributed by atoms with E-state index in [1.54, 1.807) is 10.6 Å². The first kappa shape index (κ1) is 23.8. The Balaban J connectivity index is 1.61. The van der Waals surface area contributed by atoms with Crippen molar-refractivity contribution in [2.45, 2.75) is 45.2 Å². The van der Waals surface area contributed by atoms with Crippen molar-refractivity contribution in [3.63, 3.8) is 0 Å². The fraction of sp³-hybridized carbons (Fsp3) is 0.250. The summed E-state index contributed by atoms with van der Waals surface area (Å²) in [6, 6.07) is 21.1. The SMILES string of the molecule is Cc1ccc(-n2c(SCC(=O)Nc3ccc(C(C)(C)C)cc3)nc3ccccc3c2=O)cc1C. The molecular formula is C28H29N3O2S. The molecule has 34 heavy (non-hydrogen) atoms. The molecule has 0 aliphatic heterocycles. The predicted molar refractivity (Wildman–Crippen MR) is 141 cm³/mol. The number of anilines is 1. The van der Waals surface area contributed by atoms with E-state index in [9.17, 15) is 9.59 Å². The van der Waals surface area contributed by atoms with Crippen LogP contribution in [0.2, 0.25) is 0 Å². The lowest BCUT2D eigenvalue weighted by atomic mass is 9.87. The summed E-state index contributed by atoms with van der Waals surface area (Å²) in [6.07, 6.45) is 0. The zero-order valence-electron chi connectivity index (χ0n) is 20.2. The van der Waals surface area contributed by atoms with Crippen LogP contribution in [0.1, 0.15) is 37.5 Å². The largest absolute Gasteiger partial charge is 0.325 e. The Bertz CT molecular complexity index is 1420. The highest BCUT2D eigenvalue weighted by Crippen LogP contribution is 2.25. The molecule has 6 heteroatoms. The fourth-order valence-electron chi connectivity index (χ4n) is 3.68. The quantitative estimate of drug-likeness (QED) is 0.285. The average Bonchev–Trinajstić information content (AvgIpc) is 2.79. The van der Waals surface area contributed by atoms with Gasteiger partial charge in [-0.05, 0) is 72.4 Å². The maximum absolute atomic E-state index is 13.4. The highest BCUT2D eigenvalue weighted by molar-refractivity contribution is 7.99. The summed E-state index contributed by atoms with van der Waals surface area (Å²) in [4.78, 5) is 30.8. The first-order valence-corrected chi connectivity index (χ1v) is 12.2. The van der Waals surface area contributed by atoms with Crippen LogP contribution in [0.4, 0.5) is 5.69 Å². The number of fused-ring (bicyclic) bond motifs is 1. The number of thioether (sulfide) groups is 1. The third-order valence-corrected chi connectivity index (χ3v) is 6.80. The summed E-state index contributed by atoms with van der Waals surface area (Å²) < 4.78 is 1.60. The van der Waals surface area contributed by atoms with Crippen molar-refractivity contribution in [2.75, 3.05) is 11.1 Å². The van der Waals surface area contributed by atoms with Gasteiger partial charge >= 0.3 is 0 Å². The van der Waals surface area contributed by atoms with Crippen molar-refractivity contribution in [3.05, 3.63) is 93.8 Å². The number of rotatable bonds is 5. The second-order valence-electron chi connectivity index (χ2n) is 9.48. The van der Waals surface area contributed by atoms with Gasteiger partial charge in [-0.15, -0.1) is 0 Å². The molecule has 1 N–H and O–H groups in total. The molecule has 0 bridgehead atoms. The van der Waals surface area contributed by atoms with Gasteiger partial charge in [0.05, 0.1) is 22.3 Å². The number of carbonyl (C=O) groups is 1. The fourth-order valence-corrected chi connectivity index (χ4v) is 4.49. The van der Waals surface area contributed by atoms with Gasteiger partial charge in [0.2, 0.25) is 5.91 Å². The van der Waals surface area contributed by atoms with Gasteiger partial charge in [0.25, 0.3) is 5.56 Å². The predicted octanol–water partition coefficient (Wildman–Crippen LogP) is 6.03. The van der Waals surface area contributed by atoms with Gasteiger partial charge in [-0.3, -0.25) is 14.2 Å². The van der Waals surface area contributed by atoms with E-state index in [1.807, 2.05) is 74.5 Å². The maximum Gasteiger partial charge on any atom is 0.266 e. The minimum Gasteiger partial charge on any atom is -0.325 e. The van der Waals surface area contributed by atoms with Gasteiger partial charge < -0.3 is 5.32 Å². The highest BCUT2D eigenvalue weighted by atomic mass is 32.2. The van der Waals surface area contributed by atoms with Crippen molar-refractivity contribution in [2.24, 2.45) is 0 Å². The zero-order valence-corrected chi connectivity index (χ0v) is 21.0. The van der Waals surface area contributed by atoms with Crippen LogP contribution in [0, 0.1) is 13.8 Å². The Morgan fingerprint density at radius 3 is 2.35 bits per heavy atom. The lowest BCUT2D eigenvalue weighted by molar-refractivity contribution is -0.113. The molecule has 4 rings (SSSR count). The van der Waals surface area contributed by atoms with E-state index in [-0.39, 0.29) is 22.6 Å². The molecule has 0 fully saturated rings. The third kappa shape index (κ3) is 5.07. The summed E-state index contributed by atoms with van der Waals surface area (Å²) in [5, 5.41) is 3.98. The lowest BCUT2D eigenvalue weighted by Gasteiger charge is -2.19. The number of nitrogens with one attached hydrogen (secondary N) is 1. The number of carbonyl (C=O) groups excluding carboxylic acids is 1. The minimum atomic E-state index is -0.150. The van der Waals surface area contributed by atoms with Crippen LogP contribution in [-0.4, -0.2) is 21.2 Å². The molecule has 0 aliphatic carbocycles. The highest BCUT2D eigenvalue weighted by Gasteiger charge is 2.16. The Kier molecular flexibility index (Phi) is 6.62. The summed E-state index contributed by atoms with van der Waals surface area (Å²) in [7, 11) is 0. The number of amides is 1. The monoisotopic (exact) mass is 471 g/mol. The molecule has 1 heterocycles. The molecule has 0 radical (unpaired) electrons. The van der Waals surface area contributed by atoms with Crippen molar-refractivity contribution in [3.8, 4) is 5.69 Å². The standard InChI is InChI=1S/C28H29N3O2S/c1-18-10-15-22(16-19(18)2)31-26(33)23-8-6-7-9-24(23)30-27(31)34-17-25(32)29-21-13-11-20(12-14-21)28(3,4)5/h6-16H,17H2,1-5H3,(H,29,32). The molecule has 174 valence electrons. The van der Waals surface area contributed by atoms with E-state index in [0.717, 1.165) is 22.5 Å². The van der Waals surface area contributed by atoms with Crippen LogP contribution in [0.3, 0.4) is 0 Å². The summed E-state index contributed by atoms with van der Waals surface area (Å²) >= 11 is 1.26. The second kappa shape index (κ2) is 9.47. The van der Waals surface area contributed by atoms with E-state index in [4.69, 9.17) is 4.98 Å². The van der Waals surface area contributed by atoms with Gasteiger partial charge in [0.15, 0.2) is 5.16 Å². The zero-order chi connectivity index (χ0) is 24.5. The van der Waals surface area contributed by atoms with E-state index < -0.39 is 0 Å². The van der Waals surface area contributed by atoms with E-state index >= 15 is 0 Å². The minimum absolute atomic E-state index is 0.0537. The Hall–Kier alpha value is -3.38. The first-order valence-electron chi connectivity index (χ1n) is 11.3. The molecule has 5 nitrogen and oxygen atoms in total. The summed E-state index contributed by atoms with van der Waals surface area (Å²) in [6.45, 7) is 10.5. The van der Waals surface area contributed by atoms with Gasteiger partial charge in [0, 0.05) is 5.69 Å². The molecule has 3 aromatic carbocycles. The number of benzene rings is 3. The smallest absolute Gasteiger partial charge is 0.266 e. The van der Waals surface area contributed by atoms with Gasteiger partial charge in [-0.2, -0.15) is 0 Å². The van der Waals surface area contributed by atoms with Crippen molar-refractivity contribution in [1.82, 2.24) is 9.55 Å². The molecule has 1 amide bonds. The van der Waals surface area contributed by atoms with Crippen LogP contribution in [-0.2, 0) is 10.2 Å². The summed E-state index contributed by atoms with van der Waals surface area (Å²) in [5.41, 5.74) is 5.46. The molecule has 0 aliphatic rings. The lowest BCUT2D eigenvalue weighted by Crippen LogP contribution is -2.23. The van der Waals surface area contributed by atoms with E-state index in [1.165, 1.54) is 17.3 Å². The molecular weight excluding hydrogens is 442 g/mol. The molecule has 0 unspecified atom stereocenters. The first-order chi connectivity index (χ1) is 16.1. The molecule has 0 atom stereocenters. The van der Waals surface area contributed by atoms with Crippen LogP contribution < -0.4 is 10.9 Å². The average molecular weight is 472 g/mol. The molecule has 4 aromatic rings. The van der Waals surface area contributed by atoms with Gasteiger partial charge in [-0.1, -0.05) is 62.9 Å². The van der Waals surface area contributed by atoms with Crippen LogP contribution >= 0.6 is 11.8 Å². The van der Waals surface area contributed by atoms with Crippen molar-refractivity contribution in [1.29, 1.82) is 0 Å². The van der Waals surface area contributed by atoms with Crippen LogP contribution in [0.5, 0.6) is 0 Å². The molecule has 0 saturated heterocycles. The van der Waals surface area contributed by atoms with Crippen molar-refractivity contribution < 1.29 is 4.79 Å². The van der Waals surface area contributed by atoms with Gasteiger partial charge in [-0.25, -0.2) is 4.98 Å². The number of aryl methyl sites for hydroxylation is 2. The summed E-state index contributed by atoms with van der Waals surface area (Å²) in [5.74, 6) is -0.0149. The Morgan fingerprint density at radius 2 is 1.68 bits per heavy atom. The maximum atomic E-state index is 13.4. The van der Waals surface area contributed by atoms with Crippen molar-refractivity contribution >= 4 is 34.3 Å². The van der Waals surface area contributed by atoms with E-state index in [2.05, 4.69) is 26.1 Å². The van der Waals surface area contributed by atoms with Crippen LogP contribution in [0.25, 0.3) is 16.6 Å². The van der Waals surface area contributed by atoms with Gasteiger partial charge in [0.1, 0.15) is 0 Å². The Morgan fingerprint density at radius 1 is 0.971 bits per heavy atom. The number of hydrogen-bond donors (Lipinski definition) is 1. The Labute approximate surface area is 204 Å². The molecule has 0 saturated carbocycles. The number of nitrogens with zero attached hydrogens (tertiary/aromatic N) is 2. The molecule has 1 aromatic heterocycles. The molecule has 0 spiro atoms. The number of para-hydroxylation sites is 1. The topological polar surface area (TPSA) is 64.0 Å².